The normalized spacial score (nSPS) is 14.1. The molecule has 0 bridgehead atoms. The van der Waals surface area contributed by atoms with Crippen LogP contribution in [0.3, 0.4) is 0 Å². The number of likely N-dealkylation sites (N-methyl/N-ethyl adjacent to an activating group) is 1. The van der Waals surface area contributed by atoms with Crippen molar-refractivity contribution in [2.75, 3.05) is 40.9 Å². The number of phosphoric acid groups is 1. The summed E-state index contributed by atoms with van der Waals surface area (Å²) in [7, 11) is 1.27. The van der Waals surface area contributed by atoms with E-state index < -0.39 is 20.0 Å². The maximum Gasteiger partial charge on any atom is 0.268 e. The summed E-state index contributed by atoms with van der Waals surface area (Å²) < 4.78 is 23.5. The second kappa shape index (κ2) is 70.7. The molecular weight excluding hydrogens is 1130 g/mol. The molecule has 0 aromatic rings. The standard InChI is InChI=1S/C81H149N2O6P/c1-6-8-10-12-14-16-18-20-22-24-26-28-30-32-34-35-36-37-38-39-40-41-42-43-44-45-46-47-49-51-53-55-57-59-61-63-65-67-69-71-73-75-81(85)82-79(78-89-90(86,87)88-77-76-83(3,4)5)80(84)74-72-70-68-66-64-62-60-58-56-54-52-50-48-33-31-29-27-25-23-21-19-17-15-13-11-9-7-2/h8,10,14,16,20,22,26,28,32,34,36-37,39-40,72,74,79-80,84H,6-7,9,11-13,15,17-19,21,23-25,27,29-31,33,35,38,41-71,73,75-78H2,1-5H3,(H-,82,85,86,87)/b10-8-,16-14-,22-20-,28-26-,34-32-,37-36-,40-39-,74-72+. The predicted octanol–water partition coefficient (Wildman–Crippen LogP) is 24.6. The molecule has 0 saturated heterocycles. The van der Waals surface area contributed by atoms with Gasteiger partial charge in [0.1, 0.15) is 13.2 Å². The number of hydrogen-bond donors (Lipinski definition) is 2. The van der Waals surface area contributed by atoms with E-state index in [0.717, 1.165) is 83.5 Å². The highest BCUT2D eigenvalue weighted by molar-refractivity contribution is 7.45. The van der Waals surface area contributed by atoms with Gasteiger partial charge in [0.25, 0.3) is 7.82 Å². The van der Waals surface area contributed by atoms with E-state index in [4.69, 9.17) is 9.05 Å². The van der Waals surface area contributed by atoms with Crippen LogP contribution in [0, 0.1) is 0 Å². The first-order chi connectivity index (χ1) is 44.0. The van der Waals surface area contributed by atoms with Gasteiger partial charge in [-0.2, -0.15) is 0 Å². The molecule has 0 aliphatic carbocycles. The van der Waals surface area contributed by atoms with Gasteiger partial charge in [-0.05, 0) is 77.0 Å². The Bertz CT molecular complexity index is 1790. The van der Waals surface area contributed by atoms with Crippen molar-refractivity contribution >= 4 is 13.7 Å². The fourth-order valence-electron chi connectivity index (χ4n) is 11.4. The first kappa shape index (κ1) is 87.4. The molecule has 0 spiro atoms. The molecule has 0 radical (unpaired) electrons. The van der Waals surface area contributed by atoms with Crippen LogP contribution in [0.25, 0.3) is 0 Å². The Morgan fingerprint density at radius 3 is 0.989 bits per heavy atom. The van der Waals surface area contributed by atoms with Crippen molar-refractivity contribution in [1.82, 2.24) is 5.32 Å². The van der Waals surface area contributed by atoms with Gasteiger partial charge in [-0.15, -0.1) is 0 Å². The van der Waals surface area contributed by atoms with E-state index >= 15 is 0 Å². The maximum atomic E-state index is 13.1. The van der Waals surface area contributed by atoms with Gasteiger partial charge >= 0.3 is 0 Å². The summed E-state index contributed by atoms with van der Waals surface area (Å²) >= 11 is 0. The molecule has 90 heavy (non-hydrogen) atoms. The molecule has 0 aliphatic heterocycles. The molecule has 0 aromatic heterocycles. The number of quaternary nitrogens is 1. The molecular formula is C81H149N2O6P. The van der Waals surface area contributed by atoms with Gasteiger partial charge in [-0.3, -0.25) is 9.36 Å². The Kier molecular flexibility index (Phi) is 68.7. The van der Waals surface area contributed by atoms with Crippen LogP contribution in [0.2, 0.25) is 0 Å². The highest BCUT2D eigenvalue weighted by Crippen LogP contribution is 2.38. The number of carbonyl (C=O) groups is 1. The van der Waals surface area contributed by atoms with E-state index in [1.165, 1.54) is 257 Å². The Hall–Kier alpha value is -2.58. The molecule has 3 atom stereocenters. The van der Waals surface area contributed by atoms with Gasteiger partial charge in [-0.25, -0.2) is 0 Å². The van der Waals surface area contributed by atoms with E-state index in [9.17, 15) is 19.4 Å². The summed E-state index contributed by atoms with van der Waals surface area (Å²) in [6.45, 7) is 4.58. The molecule has 0 fully saturated rings. The zero-order valence-electron chi connectivity index (χ0n) is 60.1. The third kappa shape index (κ3) is 72.8. The van der Waals surface area contributed by atoms with Crippen LogP contribution in [0.1, 0.15) is 361 Å². The van der Waals surface area contributed by atoms with Crippen molar-refractivity contribution in [2.24, 2.45) is 0 Å². The van der Waals surface area contributed by atoms with Crippen molar-refractivity contribution < 1.29 is 32.9 Å². The molecule has 524 valence electrons. The first-order valence-electron chi connectivity index (χ1n) is 38.6. The average Bonchev–Trinajstić information content (AvgIpc) is 3.09. The maximum absolute atomic E-state index is 13.1. The zero-order chi connectivity index (χ0) is 65.5. The summed E-state index contributed by atoms with van der Waals surface area (Å²) in [6.07, 6.45) is 103. The van der Waals surface area contributed by atoms with Crippen molar-refractivity contribution in [3.05, 3.63) is 97.2 Å². The summed E-state index contributed by atoms with van der Waals surface area (Å²) in [4.78, 5) is 25.7. The predicted molar refractivity (Wildman–Crippen MR) is 394 cm³/mol. The molecule has 8 nitrogen and oxygen atoms in total. The summed E-state index contributed by atoms with van der Waals surface area (Å²) in [5.41, 5.74) is 0. The molecule has 0 aromatic carbocycles. The van der Waals surface area contributed by atoms with Crippen LogP contribution in [0.5, 0.6) is 0 Å². The lowest BCUT2D eigenvalue weighted by atomic mass is 10.0. The number of carbonyl (C=O) groups excluding carboxylic acids is 1. The van der Waals surface area contributed by atoms with Crippen molar-refractivity contribution in [3.8, 4) is 0 Å². The highest BCUT2D eigenvalue weighted by Gasteiger charge is 2.23. The molecule has 9 heteroatoms. The minimum absolute atomic E-state index is 0.00167. The van der Waals surface area contributed by atoms with Crippen LogP contribution in [0.4, 0.5) is 0 Å². The number of rotatable bonds is 71. The van der Waals surface area contributed by atoms with Gasteiger partial charge in [-0.1, -0.05) is 374 Å². The number of amides is 1. The van der Waals surface area contributed by atoms with Crippen LogP contribution in [-0.2, 0) is 18.4 Å². The smallest absolute Gasteiger partial charge is 0.268 e. The van der Waals surface area contributed by atoms with E-state index in [1.54, 1.807) is 6.08 Å². The molecule has 2 N–H and O–H groups in total. The SMILES string of the molecule is CC/C=C\C/C=C\C/C=C\C/C=C\C/C=C\C/C=C\C/C=C\CCCCCCCCCCCCCCCCCCCCCC(=O)NC(COP(=O)([O-])OCC[N+](C)(C)C)C(O)/C=C/CCCCCCCCCCCCCCCCCCCCCCCCCCC. The minimum Gasteiger partial charge on any atom is -0.756 e. The van der Waals surface area contributed by atoms with E-state index in [0.29, 0.717) is 17.4 Å². The summed E-state index contributed by atoms with van der Waals surface area (Å²) in [5, 5.41) is 14.0. The molecule has 1 amide bonds. The molecule has 0 saturated carbocycles. The fraction of sp³-hybridized carbons (Fsp3) is 0.790. The van der Waals surface area contributed by atoms with Gasteiger partial charge < -0.3 is 28.8 Å². The van der Waals surface area contributed by atoms with Crippen LogP contribution >= 0.6 is 7.82 Å². The van der Waals surface area contributed by atoms with Gasteiger partial charge in [0.2, 0.25) is 5.91 Å². The third-order valence-electron chi connectivity index (χ3n) is 17.3. The number of phosphoric ester groups is 1. The van der Waals surface area contributed by atoms with Gasteiger partial charge in [0.05, 0.1) is 39.9 Å². The lowest BCUT2D eigenvalue weighted by Crippen LogP contribution is -2.45. The Labute approximate surface area is 559 Å². The summed E-state index contributed by atoms with van der Waals surface area (Å²) in [5.74, 6) is -0.193. The molecule has 0 heterocycles. The van der Waals surface area contributed by atoms with Gasteiger partial charge in [0.15, 0.2) is 0 Å². The lowest BCUT2D eigenvalue weighted by molar-refractivity contribution is -0.870. The summed E-state index contributed by atoms with van der Waals surface area (Å²) in [6, 6.07) is -0.891. The third-order valence-corrected chi connectivity index (χ3v) is 18.3. The molecule has 0 aliphatic rings. The number of hydrogen-bond acceptors (Lipinski definition) is 6. The Morgan fingerprint density at radius 1 is 0.400 bits per heavy atom. The van der Waals surface area contributed by atoms with Crippen LogP contribution < -0.4 is 10.2 Å². The number of nitrogens with zero attached hydrogens (tertiary/aromatic N) is 1. The lowest BCUT2D eigenvalue weighted by Gasteiger charge is -2.29. The number of unbranched alkanes of at least 4 members (excludes halogenated alkanes) is 44. The van der Waals surface area contributed by atoms with Crippen LogP contribution in [0.15, 0.2) is 97.2 Å². The number of aliphatic hydroxyl groups excluding tert-OH is 1. The van der Waals surface area contributed by atoms with E-state index in [-0.39, 0.29) is 19.1 Å². The van der Waals surface area contributed by atoms with Gasteiger partial charge in [0, 0.05) is 6.42 Å². The molecule has 0 rings (SSSR count). The Balaban J connectivity index is 3.98. The quantitative estimate of drug-likeness (QED) is 0.0272. The second-order valence-electron chi connectivity index (χ2n) is 27.3. The average molecular weight is 1280 g/mol. The number of aliphatic hydroxyl groups is 1. The van der Waals surface area contributed by atoms with Crippen molar-refractivity contribution in [2.45, 2.75) is 373 Å². The zero-order valence-corrected chi connectivity index (χ0v) is 61.0. The number of allylic oxidation sites excluding steroid dienone is 15. The monoisotopic (exact) mass is 1280 g/mol. The fourth-order valence-corrected chi connectivity index (χ4v) is 12.1. The second-order valence-corrected chi connectivity index (χ2v) is 28.7. The van der Waals surface area contributed by atoms with E-state index in [1.807, 2.05) is 27.2 Å². The first-order valence-corrected chi connectivity index (χ1v) is 40.1. The van der Waals surface area contributed by atoms with Crippen LogP contribution in [-0.4, -0.2) is 68.5 Å². The highest BCUT2D eigenvalue weighted by atomic mass is 31.2. The Morgan fingerprint density at radius 2 is 0.678 bits per heavy atom. The minimum atomic E-state index is -4.61. The van der Waals surface area contributed by atoms with Crippen molar-refractivity contribution in [3.63, 3.8) is 0 Å². The molecule has 3 unspecified atom stereocenters. The topological polar surface area (TPSA) is 108 Å². The van der Waals surface area contributed by atoms with Crippen molar-refractivity contribution in [1.29, 1.82) is 0 Å². The van der Waals surface area contributed by atoms with E-state index in [2.05, 4.69) is 104 Å². The largest absolute Gasteiger partial charge is 0.756 e. The number of nitrogens with one attached hydrogen (secondary N) is 1.